The summed E-state index contributed by atoms with van der Waals surface area (Å²) in [6.45, 7) is 0. The van der Waals surface area contributed by atoms with E-state index in [9.17, 15) is 4.79 Å². The Balaban J connectivity index is 2.08. The number of amides is 1. The van der Waals surface area contributed by atoms with Crippen LogP contribution in [0, 0.1) is 0 Å². The van der Waals surface area contributed by atoms with Gasteiger partial charge in [0.2, 0.25) is 5.91 Å². The van der Waals surface area contributed by atoms with Gasteiger partial charge < -0.3 is 11.1 Å². The van der Waals surface area contributed by atoms with Gasteiger partial charge in [-0.3, -0.25) is 4.79 Å². The van der Waals surface area contributed by atoms with Crippen LogP contribution in [-0.2, 0) is 4.79 Å². The maximum atomic E-state index is 12.2. The average molecular weight is 332 g/mol. The molecule has 3 nitrogen and oxygen atoms in total. The molecule has 1 aromatic rings. The van der Waals surface area contributed by atoms with E-state index in [-0.39, 0.29) is 5.91 Å². The highest BCUT2D eigenvalue weighted by atomic mass is 79.9. The zero-order valence-electron chi connectivity index (χ0n) is 10.0. The fourth-order valence-electron chi connectivity index (χ4n) is 2.24. The van der Waals surface area contributed by atoms with Crippen molar-refractivity contribution in [3.05, 3.63) is 27.7 Å². The molecular weight excluding hydrogens is 316 g/mol. The van der Waals surface area contributed by atoms with E-state index in [1.54, 1.807) is 12.1 Å². The van der Waals surface area contributed by atoms with Gasteiger partial charge in [0.05, 0.1) is 10.6 Å². The third-order valence-electron chi connectivity index (χ3n) is 3.38. The first-order valence-electron chi connectivity index (χ1n) is 6.07. The molecule has 0 spiro atoms. The van der Waals surface area contributed by atoms with Crippen LogP contribution in [0.3, 0.4) is 0 Å². The molecule has 0 bridgehead atoms. The molecule has 0 radical (unpaired) electrons. The number of carbonyl (C=O) groups is 1. The third-order valence-corrected chi connectivity index (χ3v) is 4.61. The molecule has 5 heteroatoms. The maximum Gasteiger partial charge on any atom is 0.244 e. The van der Waals surface area contributed by atoms with Crippen LogP contribution in [0.2, 0.25) is 5.02 Å². The number of halogens is 2. The molecule has 98 valence electrons. The van der Waals surface area contributed by atoms with Crippen LogP contribution in [-0.4, -0.2) is 11.4 Å². The summed E-state index contributed by atoms with van der Waals surface area (Å²) in [6.07, 6.45) is 4.71. The molecule has 0 atom stereocenters. The van der Waals surface area contributed by atoms with Crippen LogP contribution >= 0.6 is 27.5 Å². The number of benzene rings is 1. The fraction of sp³-hybridized carbons (Fsp3) is 0.462. The first-order chi connectivity index (χ1) is 8.51. The second-order valence-electron chi connectivity index (χ2n) is 4.80. The van der Waals surface area contributed by atoms with Crippen LogP contribution in [0.1, 0.15) is 32.1 Å². The molecule has 1 saturated carbocycles. The van der Waals surface area contributed by atoms with E-state index in [1.165, 1.54) is 0 Å². The summed E-state index contributed by atoms with van der Waals surface area (Å²) < 4.78 is 0.808. The van der Waals surface area contributed by atoms with Gasteiger partial charge in [-0.1, -0.05) is 30.9 Å². The summed E-state index contributed by atoms with van der Waals surface area (Å²) >= 11 is 9.30. The zero-order chi connectivity index (χ0) is 13.2. The fourth-order valence-corrected chi connectivity index (χ4v) is 2.67. The van der Waals surface area contributed by atoms with Gasteiger partial charge in [0.25, 0.3) is 0 Å². The highest BCUT2D eigenvalue weighted by molar-refractivity contribution is 9.10. The molecule has 1 aliphatic rings. The van der Waals surface area contributed by atoms with E-state index in [4.69, 9.17) is 17.3 Å². The number of carbonyl (C=O) groups excluding carboxylic acids is 1. The highest BCUT2D eigenvalue weighted by Gasteiger charge is 2.35. The molecule has 1 aliphatic carbocycles. The Kier molecular flexibility index (Phi) is 4.30. The van der Waals surface area contributed by atoms with Gasteiger partial charge in [-0.2, -0.15) is 0 Å². The average Bonchev–Trinajstić information content (AvgIpc) is 2.35. The Morgan fingerprint density at radius 2 is 2.00 bits per heavy atom. The minimum atomic E-state index is -0.724. The molecule has 0 heterocycles. The number of hydrogen-bond donors (Lipinski definition) is 2. The van der Waals surface area contributed by atoms with Gasteiger partial charge >= 0.3 is 0 Å². The number of nitrogens with two attached hydrogens (primary N) is 1. The summed E-state index contributed by atoms with van der Waals surface area (Å²) in [5, 5.41) is 3.42. The predicted molar refractivity (Wildman–Crippen MR) is 77.8 cm³/mol. The largest absolute Gasteiger partial charge is 0.324 e. The third kappa shape index (κ3) is 3.05. The standard InChI is InChI=1S/C13H16BrClN2O/c14-10-5-4-9(8-11(10)15)17-12(18)13(16)6-2-1-3-7-13/h4-5,8H,1-3,6-7,16H2,(H,17,18). The van der Waals surface area contributed by atoms with Gasteiger partial charge in [-0.25, -0.2) is 0 Å². The van der Waals surface area contributed by atoms with Gasteiger partial charge in [-0.05, 0) is 47.0 Å². The van der Waals surface area contributed by atoms with E-state index in [0.29, 0.717) is 10.7 Å². The molecule has 0 saturated heterocycles. The maximum absolute atomic E-state index is 12.2. The Morgan fingerprint density at radius 1 is 1.33 bits per heavy atom. The van der Waals surface area contributed by atoms with Crippen LogP contribution in [0.4, 0.5) is 5.69 Å². The van der Waals surface area contributed by atoms with Crippen LogP contribution < -0.4 is 11.1 Å². The van der Waals surface area contributed by atoms with Crippen molar-refractivity contribution in [3.8, 4) is 0 Å². The normalized spacial score (nSPS) is 18.4. The summed E-state index contributed by atoms with van der Waals surface area (Å²) in [6, 6.07) is 5.33. The summed E-state index contributed by atoms with van der Waals surface area (Å²) in [7, 11) is 0. The first kappa shape index (κ1) is 13.8. The Morgan fingerprint density at radius 3 is 2.61 bits per heavy atom. The lowest BCUT2D eigenvalue weighted by atomic mass is 9.82. The van der Waals surface area contributed by atoms with E-state index in [1.807, 2.05) is 6.07 Å². The van der Waals surface area contributed by atoms with Crippen molar-refractivity contribution in [3.63, 3.8) is 0 Å². The monoisotopic (exact) mass is 330 g/mol. The molecule has 0 aromatic heterocycles. The summed E-state index contributed by atoms with van der Waals surface area (Å²) in [5.74, 6) is -0.111. The number of hydrogen-bond acceptors (Lipinski definition) is 2. The van der Waals surface area contributed by atoms with Crippen molar-refractivity contribution in [1.29, 1.82) is 0 Å². The zero-order valence-corrected chi connectivity index (χ0v) is 12.4. The Hall–Kier alpha value is -0.580. The molecular formula is C13H16BrClN2O. The van der Waals surface area contributed by atoms with Crippen LogP contribution in [0.15, 0.2) is 22.7 Å². The van der Waals surface area contributed by atoms with Crippen molar-refractivity contribution in [2.75, 3.05) is 5.32 Å². The molecule has 1 aromatic carbocycles. The van der Waals surface area contributed by atoms with Crippen LogP contribution in [0.5, 0.6) is 0 Å². The second kappa shape index (κ2) is 5.59. The first-order valence-corrected chi connectivity index (χ1v) is 7.24. The van der Waals surface area contributed by atoms with Crippen LogP contribution in [0.25, 0.3) is 0 Å². The number of anilines is 1. The van der Waals surface area contributed by atoms with E-state index < -0.39 is 5.54 Å². The quantitative estimate of drug-likeness (QED) is 0.868. The smallest absolute Gasteiger partial charge is 0.244 e. The summed E-state index contributed by atoms with van der Waals surface area (Å²) in [5.41, 5.74) is 6.12. The van der Waals surface area contributed by atoms with Crippen molar-refractivity contribution >= 4 is 39.1 Å². The minimum Gasteiger partial charge on any atom is -0.324 e. The Labute approximate surface area is 120 Å². The van der Waals surface area contributed by atoms with Gasteiger partial charge in [0, 0.05) is 10.2 Å². The minimum absolute atomic E-state index is 0.111. The summed E-state index contributed by atoms with van der Waals surface area (Å²) in [4.78, 5) is 12.2. The van der Waals surface area contributed by atoms with E-state index in [0.717, 1.165) is 36.6 Å². The molecule has 18 heavy (non-hydrogen) atoms. The predicted octanol–water partition coefficient (Wildman–Crippen LogP) is 3.70. The highest BCUT2D eigenvalue weighted by Crippen LogP contribution is 2.29. The SMILES string of the molecule is NC1(C(=O)Nc2ccc(Br)c(Cl)c2)CCCCC1. The second-order valence-corrected chi connectivity index (χ2v) is 6.06. The lowest BCUT2D eigenvalue weighted by Crippen LogP contribution is -2.52. The Bertz CT molecular complexity index is 458. The van der Waals surface area contributed by atoms with Crippen molar-refractivity contribution < 1.29 is 4.79 Å². The lowest BCUT2D eigenvalue weighted by Gasteiger charge is -2.31. The topological polar surface area (TPSA) is 55.1 Å². The number of nitrogens with one attached hydrogen (secondary N) is 1. The number of rotatable bonds is 2. The van der Waals surface area contributed by atoms with Gasteiger partial charge in [0.1, 0.15) is 0 Å². The van der Waals surface area contributed by atoms with E-state index in [2.05, 4.69) is 21.2 Å². The molecule has 0 aliphatic heterocycles. The van der Waals surface area contributed by atoms with Gasteiger partial charge in [0.15, 0.2) is 0 Å². The molecule has 2 rings (SSSR count). The molecule has 0 unspecified atom stereocenters. The molecule has 1 amide bonds. The van der Waals surface area contributed by atoms with Crippen molar-refractivity contribution in [2.24, 2.45) is 5.73 Å². The molecule has 1 fully saturated rings. The van der Waals surface area contributed by atoms with Crippen molar-refractivity contribution in [2.45, 2.75) is 37.6 Å². The van der Waals surface area contributed by atoms with E-state index >= 15 is 0 Å². The molecule has 3 N–H and O–H groups in total. The van der Waals surface area contributed by atoms with Crippen molar-refractivity contribution in [1.82, 2.24) is 0 Å². The van der Waals surface area contributed by atoms with Gasteiger partial charge in [-0.15, -0.1) is 0 Å². The lowest BCUT2D eigenvalue weighted by molar-refractivity contribution is -0.122.